The van der Waals surface area contributed by atoms with Gasteiger partial charge in [0.2, 0.25) is 5.82 Å². The zero-order chi connectivity index (χ0) is 14.9. The minimum absolute atomic E-state index is 0.181. The first-order chi connectivity index (χ1) is 9.41. The highest BCUT2D eigenvalue weighted by Gasteiger charge is 2.31. The second kappa shape index (κ2) is 5.49. The Morgan fingerprint density at radius 3 is 2.80 bits per heavy atom. The largest absolute Gasteiger partial charge is 0.375 e. The van der Waals surface area contributed by atoms with Gasteiger partial charge in [0.25, 0.3) is 5.91 Å². The molecule has 1 aromatic carbocycles. The molecule has 0 saturated carbocycles. The van der Waals surface area contributed by atoms with Crippen molar-refractivity contribution >= 4 is 11.6 Å². The third-order valence-corrected chi connectivity index (χ3v) is 3.01. The van der Waals surface area contributed by atoms with Gasteiger partial charge < -0.3 is 9.64 Å². The molecule has 6 nitrogen and oxygen atoms in total. The van der Waals surface area contributed by atoms with E-state index in [1.165, 1.54) is 4.90 Å². The third kappa shape index (κ3) is 2.60. The quantitative estimate of drug-likeness (QED) is 0.613. The van der Waals surface area contributed by atoms with Crippen LogP contribution in [0.1, 0.15) is 17.3 Å². The SMILES string of the molecule is CC1CN(C(=O)c2c(F)ccc([N+](=O)[O-])c2F)CCO1. The number of ether oxygens (including phenoxy) is 1. The van der Waals surface area contributed by atoms with Crippen LogP contribution in [0, 0.1) is 21.7 Å². The maximum Gasteiger partial charge on any atom is 0.305 e. The maximum atomic E-state index is 13.9. The molecule has 0 radical (unpaired) electrons. The molecule has 1 heterocycles. The van der Waals surface area contributed by atoms with Gasteiger partial charge in [-0.1, -0.05) is 0 Å². The van der Waals surface area contributed by atoms with Crippen LogP contribution in [0.4, 0.5) is 14.5 Å². The number of rotatable bonds is 2. The number of nitrogens with zero attached hydrogens (tertiary/aromatic N) is 2. The minimum Gasteiger partial charge on any atom is -0.375 e. The summed E-state index contributed by atoms with van der Waals surface area (Å²) in [5, 5.41) is 10.6. The van der Waals surface area contributed by atoms with Gasteiger partial charge in [-0.3, -0.25) is 14.9 Å². The molecule has 0 aliphatic carbocycles. The van der Waals surface area contributed by atoms with Crippen LogP contribution in [0.5, 0.6) is 0 Å². The van der Waals surface area contributed by atoms with Crippen molar-refractivity contribution in [2.75, 3.05) is 19.7 Å². The fourth-order valence-electron chi connectivity index (χ4n) is 2.04. The summed E-state index contributed by atoms with van der Waals surface area (Å²) in [6, 6.07) is 1.42. The highest BCUT2D eigenvalue weighted by Crippen LogP contribution is 2.24. The second-order valence-corrected chi connectivity index (χ2v) is 4.45. The van der Waals surface area contributed by atoms with Gasteiger partial charge in [0.05, 0.1) is 17.6 Å². The van der Waals surface area contributed by atoms with Gasteiger partial charge >= 0.3 is 5.69 Å². The van der Waals surface area contributed by atoms with Crippen molar-refractivity contribution in [1.82, 2.24) is 4.90 Å². The molecule has 0 bridgehead atoms. The Hall–Kier alpha value is -2.09. The topological polar surface area (TPSA) is 72.7 Å². The molecule has 20 heavy (non-hydrogen) atoms. The summed E-state index contributed by atoms with van der Waals surface area (Å²) in [5.74, 6) is -3.46. The summed E-state index contributed by atoms with van der Waals surface area (Å²) in [5.41, 5.74) is -1.82. The van der Waals surface area contributed by atoms with Gasteiger partial charge in [0.15, 0.2) is 0 Å². The van der Waals surface area contributed by atoms with Gasteiger partial charge in [0.1, 0.15) is 11.4 Å². The third-order valence-electron chi connectivity index (χ3n) is 3.01. The molecule has 1 fully saturated rings. The Bertz CT molecular complexity index is 565. The molecule has 1 unspecified atom stereocenters. The highest BCUT2D eigenvalue weighted by atomic mass is 19.1. The smallest absolute Gasteiger partial charge is 0.305 e. The van der Waals surface area contributed by atoms with E-state index in [2.05, 4.69) is 0 Å². The van der Waals surface area contributed by atoms with Crippen LogP contribution in [0.3, 0.4) is 0 Å². The lowest BCUT2D eigenvalue weighted by Crippen LogP contribution is -2.45. The predicted molar refractivity (Wildman–Crippen MR) is 64.3 cm³/mol. The molecular weight excluding hydrogens is 274 g/mol. The van der Waals surface area contributed by atoms with E-state index in [4.69, 9.17) is 4.74 Å². The summed E-state index contributed by atoms with van der Waals surface area (Å²) in [6.07, 6.45) is -0.252. The Morgan fingerprint density at radius 2 is 2.20 bits per heavy atom. The van der Waals surface area contributed by atoms with E-state index in [0.717, 1.165) is 6.07 Å². The highest BCUT2D eigenvalue weighted by molar-refractivity contribution is 5.95. The predicted octanol–water partition coefficient (Wildman–Crippen LogP) is 1.73. The zero-order valence-electron chi connectivity index (χ0n) is 10.6. The number of amides is 1. The Balaban J connectivity index is 2.38. The van der Waals surface area contributed by atoms with Crippen LogP contribution >= 0.6 is 0 Å². The lowest BCUT2D eigenvalue weighted by atomic mass is 10.1. The molecule has 0 spiro atoms. The molecule has 1 saturated heterocycles. The van der Waals surface area contributed by atoms with Gasteiger partial charge in [-0.25, -0.2) is 4.39 Å². The van der Waals surface area contributed by atoms with Crippen LogP contribution < -0.4 is 0 Å². The number of hydrogen-bond donors (Lipinski definition) is 0. The Labute approximate surface area is 113 Å². The van der Waals surface area contributed by atoms with Gasteiger partial charge in [-0.05, 0) is 13.0 Å². The van der Waals surface area contributed by atoms with Crippen molar-refractivity contribution in [3.63, 3.8) is 0 Å². The molecule has 0 aromatic heterocycles. The number of benzene rings is 1. The molecule has 8 heteroatoms. The van der Waals surface area contributed by atoms with Crippen molar-refractivity contribution in [3.05, 3.63) is 39.4 Å². The van der Waals surface area contributed by atoms with Crippen molar-refractivity contribution < 1.29 is 23.2 Å². The summed E-state index contributed by atoms with van der Waals surface area (Å²) in [4.78, 5) is 23.0. The van der Waals surface area contributed by atoms with Crippen molar-refractivity contribution in [1.29, 1.82) is 0 Å². The lowest BCUT2D eigenvalue weighted by molar-refractivity contribution is -0.387. The molecule has 108 valence electrons. The molecular formula is C12H12F2N2O4. The van der Waals surface area contributed by atoms with E-state index < -0.39 is 33.7 Å². The number of hydrogen-bond acceptors (Lipinski definition) is 4. The van der Waals surface area contributed by atoms with Crippen molar-refractivity contribution in [2.24, 2.45) is 0 Å². The van der Waals surface area contributed by atoms with E-state index in [1.54, 1.807) is 6.92 Å². The fraction of sp³-hybridized carbons (Fsp3) is 0.417. The summed E-state index contributed by atoms with van der Waals surface area (Å²) >= 11 is 0. The van der Waals surface area contributed by atoms with Crippen LogP contribution in [0.2, 0.25) is 0 Å². The van der Waals surface area contributed by atoms with Crippen LogP contribution in [-0.4, -0.2) is 41.5 Å². The molecule has 1 atom stereocenters. The number of morpholine rings is 1. The first-order valence-corrected chi connectivity index (χ1v) is 5.95. The molecule has 1 aliphatic rings. The average Bonchev–Trinajstić information content (AvgIpc) is 2.38. The zero-order valence-corrected chi connectivity index (χ0v) is 10.6. The number of carbonyl (C=O) groups excluding carboxylic acids is 1. The van der Waals surface area contributed by atoms with Crippen LogP contribution in [0.15, 0.2) is 12.1 Å². The van der Waals surface area contributed by atoms with Gasteiger partial charge in [-0.15, -0.1) is 0 Å². The molecule has 1 amide bonds. The van der Waals surface area contributed by atoms with Gasteiger partial charge in [-0.2, -0.15) is 4.39 Å². The minimum atomic E-state index is -1.45. The summed E-state index contributed by atoms with van der Waals surface area (Å²) < 4.78 is 32.8. The number of halogens is 2. The van der Waals surface area contributed by atoms with Crippen molar-refractivity contribution in [3.8, 4) is 0 Å². The maximum absolute atomic E-state index is 13.9. The molecule has 1 aromatic rings. The van der Waals surface area contributed by atoms with Gasteiger partial charge in [0, 0.05) is 19.2 Å². The van der Waals surface area contributed by atoms with E-state index >= 15 is 0 Å². The molecule has 2 rings (SSSR count). The van der Waals surface area contributed by atoms with Crippen LogP contribution in [-0.2, 0) is 4.74 Å². The van der Waals surface area contributed by atoms with E-state index in [1.807, 2.05) is 0 Å². The van der Waals surface area contributed by atoms with Crippen LogP contribution in [0.25, 0.3) is 0 Å². The fourth-order valence-corrected chi connectivity index (χ4v) is 2.04. The number of carbonyl (C=O) groups is 1. The second-order valence-electron chi connectivity index (χ2n) is 4.45. The van der Waals surface area contributed by atoms with E-state index in [0.29, 0.717) is 6.07 Å². The molecule has 1 aliphatic heterocycles. The number of nitro benzene ring substituents is 1. The average molecular weight is 286 g/mol. The number of nitro groups is 1. The monoisotopic (exact) mass is 286 g/mol. The van der Waals surface area contributed by atoms with E-state index in [9.17, 15) is 23.7 Å². The Morgan fingerprint density at radius 1 is 1.50 bits per heavy atom. The van der Waals surface area contributed by atoms with Crippen molar-refractivity contribution in [2.45, 2.75) is 13.0 Å². The first-order valence-electron chi connectivity index (χ1n) is 5.95. The molecule has 0 N–H and O–H groups in total. The van der Waals surface area contributed by atoms with E-state index in [-0.39, 0.29) is 25.8 Å². The Kier molecular flexibility index (Phi) is 3.93. The normalized spacial score (nSPS) is 18.9. The first kappa shape index (κ1) is 14.3. The summed E-state index contributed by atoms with van der Waals surface area (Å²) in [6.45, 7) is 2.34. The lowest BCUT2D eigenvalue weighted by Gasteiger charge is -2.31. The standard InChI is InChI=1S/C12H12F2N2O4/c1-7-6-15(4-5-20-7)12(17)10-8(13)2-3-9(11(10)14)16(18)19/h2-3,7H,4-6H2,1H3. The summed E-state index contributed by atoms with van der Waals surface area (Å²) in [7, 11) is 0.